The Morgan fingerprint density at radius 2 is 1.94 bits per heavy atom. The Bertz CT molecular complexity index is 540. The van der Waals surface area contributed by atoms with E-state index in [9.17, 15) is 4.39 Å². The predicted octanol–water partition coefficient (Wildman–Crippen LogP) is 2.31. The lowest BCUT2D eigenvalue weighted by molar-refractivity contribution is 0.572. The molecule has 0 atom stereocenters. The second kappa shape index (κ2) is 3.91. The van der Waals surface area contributed by atoms with E-state index in [2.05, 4.69) is 15.5 Å². The Balaban J connectivity index is 2.50. The van der Waals surface area contributed by atoms with Crippen LogP contribution >= 0.6 is 0 Å². The number of aryl methyl sites for hydroxylation is 1. The van der Waals surface area contributed by atoms with Gasteiger partial charge in [-0.1, -0.05) is 26.8 Å². The summed E-state index contributed by atoms with van der Waals surface area (Å²) in [4.78, 5) is 0. The lowest BCUT2D eigenvalue weighted by Crippen LogP contribution is -2.11. The van der Waals surface area contributed by atoms with Gasteiger partial charge >= 0.3 is 0 Å². The minimum absolute atomic E-state index is 0.0719. The second-order valence-corrected chi connectivity index (χ2v) is 5.07. The molecule has 90 valence electrons. The van der Waals surface area contributed by atoms with E-state index >= 15 is 0 Å². The molecule has 5 heteroatoms. The molecule has 4 nitrogen and oxygen atoms in total. The summed E-state index contributed by atoms with van der Waals surface area (Å²) in [7, 11) is 1.69. The average molecular weight is 234 g/mol. The van der Waals surface area contributed by atoms with Crippen LogP contribution in [0, 0.1) is 5.82 Å². The normalized spacial score (nSPS) is 11.8. The monoisotopic (exact) mass is 234 g/mol. The lowest BCUT2D eigenvalue weighted by Gasteiger charge is -2.19. The largest absolute Gasteiger partial charge is 0.228 e. The van der Waals surface area contributed by atoms with Crippen LogP contribution in [0.1, 0.15) is 26.3 Å². The molecule has 0 aliphatic rings. The molecule has 0 saturated carbocycles. The van der Waals surface area contributed by atoms with Gasteiger partial charge in [0.1, 0.15) is 5.82 Å². The van der Waals surface area contributed by atoms with Crippen LogP contribution in [0.2, 0.25) is 0 Å². The van der Waals surface area contributed by atoms with Crippen LogP contribution in [-0.2, 0) is 12.5 Å². The first kappa shape index (κ1) is 11.7. The van der Waals surface area contributed by atoms with Gasteiger partial charge in [0.15, 0.2) is 5.82 Å². The van der Waals surface area contributed by atoms with Crippen LogP contribution in [0.25, 0.3) is 11.4 Å². The van der Waals surface area contributed by atoms with E-state index in [-0.39, 0.29) is 11.2 Å². The molecule has 0 N–H and O–H groups in total. The fourth-order valence-corrected chi connectivity index (χ4v) is 1.62. The Kier molecular flexibility index (Phi) is 2.69. The summed E-state index contributed by atoms with van der Waals surface area (Å²) < 4.78 is 15.5. The molecule has 1 aromatic carbocycles. The van der Waals surface area contributed by atoms with Crippen LogP contribution in [0.15, 0.2) is 18.2 Å². The molecular weight excluding hydrogens is 219 g/mol. The molecule has 17 heavy (non-hydrogen) atoms. The Morgan fingerprint density at radius 1 is 1.24 bits per heavy atom. The van der Waals surface area contributed by atoms with E-state index in [4.69, 9.17) is 0 Å². The number of benzene rings is 1. The fourth-order valence-electron chi connectivity index (χ4n) is 1.62. The van der Waals surface area contributed by atoms with Crippen LogP contribution in [0.4, 0.5) is 4.39 Å². The van der Waals surface area contributed by atoms with Crippen LogP contribution in [-0.4, -0.2) is 20.2 Å². The summed E-state index contributed by atoms with van der Waals surface area (Å²) in [6.45, 7) is 6.14. The molecule has 0 bridgehead atoms. The molecule has 0 aliphatic carbocycles. The maximum absolute atomic E-state index is 14.0. The van der Waals surface area contributed by atoms with Gasteiger partial charge < -0.3 is 0 Å². The van der Waals surface area contributed by atoms with Crippen molar-refractivity contribution in [3.05, 3.63) is 29.6 Å². The van der Waals surface area contributed by atoms with E-state index in [1.807, 2.05) is 26.8 Å². The molecule has 2 aromatic rings. The van der Waals surface area contributed by atoms with Crippen LogP contribution in [0.3, 0.4) is 0 Å². The number of hydrogen-bond acceptors (Lipinski definition) is 3. The van der Waals surface area contributed by atoms with Crippen molar-refractivity contribution in [2.75, 3.05) is 0 Å². The summed E-state index contributed by atoms with van der Waals surface area (Å²) >= 11 is 0. The SMILES string of the molecule is Cn1nnnc1-c1ccc(C(C)(C)C)cc1F. The van der Waals surface area contributed by atoms with E-state index in [0.717, 1.165) is 5.56 Å². The Labute approximate surface area is 99.5 Å². The minimum Gasteiger partial charge on any atom is -0.228 e. The molecule has 0 saturated heterocycles. The van der Waals surface area contributed by atoms with E-state index in [1.165, 1.54) is 4.68 Å². The van der Waals surface area contributed by atoms with Crippen molar-refractivity contribution in [2.24, 2.45) is 7.05 Å². The number of hydrogen-bond donors (Lipinski definition) is 0. The topological polar surface area (TPSA) is 43.6 Å². The highest BCUT2D eigenvalue weighted by molar-refractivity contribution is 5.56. The van der Waals surface area contributed by atoms with E-state index < -0.39 is 0 Å². The zero-order valence-electron chi connectivity index (χ0n) is 10.4. The van der Waals surface area contributed by atoms with Crippen molar-refractivity contribution in [1.29, 1.82) is 0 Å². The van der Waals surface area contributed by atoms with Gasteiger partial charge in [-0.25, -0.2) is 9.07 Å². The summed E-state index contributed by atoms with van der Waals surface area (Å²) in [5, 5.41) is 11.0. The number of halogens is 1. The summed E-state index contributed by atoms with van der Waals surface area (Å²) in [6.07, 6.45) is 0. The molecular formula is C12H15FN4. The van der Waals surface area contributed by atoms with Crippen LogP contribution in [0.5, 0.6) is 0 Å². The molecule has 0 aliphatic heterocycles. The molecule has 0 spiro atoms. The highest BCUT2D eigenvalue weighted by Gasteiger charge is 2.17. The minimum atomic E-state index is -0.296. The average Bonchev–Trinajstić information content (AvgIpc) is 2.63. The quantitative estimate of drug-likeness (QED) is 0.760. The van der Waals surface area contributed by atoms with Gasteiger partial charge in [0.25, 0.3) is 0 Å². The first-order chi connectivity index (χ1) is 7.89. The molecule has 0 fully saturated rings. The van der Waals surface area contributed by atoms with Gasteiger partial charge in [-0.3, -0.25) is 0 Å². The predicted molar refractivity (Wildman–Crippen MR) is 62.9 cm³/mol. The molecule has 2 rings (SSSR count). The van der Waals surface area contributed by atoms with Gasteiger partial charge in [0.2, 0.25) is 0 Å². The number of aromatic nitrogens is 4. The smallest absolute Gasteiger partial charge is 0.184 e. The van der Waals surface area contributed by atoms with E-state index in [0.29, 0.717) is 11.4 Å². The van der Waals surface area contributed by atoms with Crippen molar-refractivity contribution < 1.29 is 4.39 Å². The number of nitrogens with zero attached hydrogens (tertiary/aromatic N) is 4. The standard InChI is InChI=1S/C12H15FN4/c1-12(2,3)8-5-6-9(10(13)7-8)11-14-15-16-17(11)4/h5-7H,1-4H3. The van der Waals surface area contributed by atoms with Crippen molar-refractivity contribution in [3.8, 4) is 11.4 Å². The first-order valence-corrected chi connectivity index (χ1v) is 5.42. The molecule has 0 radical (unpaired) electrons. The number of tetrazole rings is 1. The third-order valence-electron chi connectivity index (χ3n) is 2.70. The summed E-state index contributed by atoms with van der Waals surface area (Å²) in [5.74, 6) is 0.137. The van der Waals surface area contributed by atoms with Crippen molar-refractivity contribution in [3.63, 3.8) is 0 Å². The van der Waals surface area contributed by atoms with E-state index in [1.54, 1.807) is 19.2 Å². The lowest BCUT2D eigenvalue weighted by atomic mass is 9.86. The van der Waals surface area contributed by atoms with Gasteiger partial charge in [0, 0.05) is 7.05 Å². The maximum atomic E-state index is 14.0. The maximum Gasteiger partial charge on any atom is 0.184 e. The molecule has 0 amide bonds. The third kappa shape index (κ3) is 2.18. The summed E-state index contributed by atoms with van der Waals surface area (Å²) in [6, 6.07) is 5.18. The number of rotatable bonds is 1. The molecule has 0 unspecified atom stereocenters. The second-order valence-electron chi connectivity index (χ2n) is 5.07. The van der Waals surface area contributed by atoms with Crippen molar-refractivity contribution in [1.82, 2.24) is 20.2 Å². The van der Waals surface area contributed by atoms with Crippen molar-refractivity contribution >= 4 is 0 Å². The van der Waals surface area contributed by atoms with Gasteiger partial charge in [-0.05, 0) is 33.5 Å². The molecule has 1 heterocycles. The fraction of sp³-hybridized carbons (Fsp3) is 0.417. The Morgan fingerprint density at radius 3 is 2.41 bits per heavy atom. The zero-order chi connectivity index (χ0) is 12.6. The summed E-state index contributed by atoms with van der Waals surface area (Å²) in [5.41, 5.74) is 1.30. The third-order valence-corrected chi connectivity index (χ3v) is 2.70. The highest BCUT2D eigenvalue weighted by Crippen LogP contribution is 2.27. The van der Waals surface area contributed by atoms with Gasteiger partial charge in [0.05, 0.1) is 5.56 Å². The van der Waals surface area contributed by atoms with Gasteiger partial charge in [-0.2, -0.15) is 0 Å². The van der Waals surface area contributed by atoms with Crippen LogP contribution < -0.4 is 0 Å². The van der Waals surface area contributed by atoms with Gasteiger partial charge in [-0.15, -0.1) is 5.10 Å². The molecule has 1 aromatic heterocycles. The first-order valence-electron chi connectivity index (χ1n) is 5.42. The van der Waals surface area contributed by atoms with Crippen molar-refractivity contribution in [2.45, 2.75) is 26.2 Å². The zero-order valence-corrected chi connectivity index (χ0v) is 10.4. The Hall–Kier alpha value is -1.78. The highest BCUT2D eigenvalue weighted by atomic mass is 19.1.